The van der Waals surface area contributed by atoms with E-state index < -0.39 is 6.16 Å². The fraction of sp³-hybridized carbons (Fsp3) is 0.300. The second-order valence-corrected chi connectivity index (χ2v) is 2.73. The van der Waals surface area contributed by atoms with Crippen molar-refractivity contribution in [1.82, 2.24) is 0 Å². The first-order chi connectivity index (χ1) is 7.62. The number of ether oxygens (including phenoxy) is 4. The van der Waals surface area contributed by atoms with Crippen molar-refractivity contribution in [3.63, 3.8) is 0 Å². The van der Waals surface area contributed by atoms with Crippen molar-refractivity contribution in [2.24, 2.45) is 0 Å². The molecule has 0 fully saturated rings. The van der Waals surface area contributed by atoms with E-state index in [9.17, 15) is 9.90 Å². The van der Waals surface area contributed by atoms with E-state index >= 15 is 0 Å². The van der Waals surface area contributed by atoms with E-state index in [1.54, 1.807) is 0 Å². The van der Waals surface area contributed by atoms with Gasteiger partial charge in [0.15, 0.2) is 11.5 Å². The van der Waals surface area contributed by atoms with Crippen molar-refractivity contribution in [3.05, 3.63) is 12.1 Å². The third-order valence-electron chi connectivity index (χ3n) is 1.81. The molecule has 1 rings (SSSR count). The van der Waals surface area contributed by atoms with Gasteiger partial charge in [0, 0.05) is 12.1 Å². The molecule has 0 aliphatic rings. The van der Waals surface area contributed by atoms with Crippen LogP contribution in [0.2, 0.25) is 0 Å². The topological polar surface area (TPSA) is 74.2 Å². The molecule has 0 amide bonds. The molecule has 0 bridgehead atoms. The fourth-order valence-corrected chi connectivity index (χ4v) is 1.09. The van der Waals surface area contributed by atoms with Gasteiger partial charge >= 0.3 is 6.16 Å². The van der Waals surface area contributed by atoms with E-state index in [0.29, 0.717) is 5.75 Å². The SMILES string of the molecule is COC(=O)Oc1cc(OC)cc(O)c1OC. The molecule has 6 heteroatoms. The number of phenolic OH excluding ortho intramolecular Hbond substituents is 1. The minimum Gasteiger partial charge on any atom is -0.504 e. The number of phenols is 1. The summed E-state index contributed by atoms with van der Waals surface area (Å²) in [6.07, 6.45) is -0.911. The highest BCUT2D eigenvalue weighted by Gasteiger charge is 2.16. The van der Waals surface area contributed by atoms with E-state index in [0.717, 1.165) is 0 Å². The first-order valence-electron chi connectivity index (χ1n) is 4.33. The van der Waals surface area contributed by atoms with Gasteiger partial charge in [-0.25, -0.2) is 4.79 Å². The van der Waals surface area contributed by atoms with Crippen LogP contribution in [-0.4, -0.2) is 32.6 Å². The lowest BCUT2D eigenvalue weighted by Gasteiger charge is -2.11. The predicted molar refractivity (Wildman–Crippen MR) is 54.2 cm³/mol. The van der Waals surface area contributed by atoms with Crippen LogP contribution in [0.1, 0.15) is 0 Å². The lowest BCUT2D eigenvalue weighted by molar-refractivity contribution is 0.119. The van der Waals surface area contributed by atoms with E-state index in [4.69, 9.17) is 14.2 Å². The summed E-state index contributed by atoms with van der Waals surface area (Å²) in [5, 5.41) is 9.55. The Bertz CT molecular complexity index is 387. The normalized spacial score (nSPS) is 9.44. The van der Waals surface area contributed by atoms with Gasteiger partial charge in [-0.3, -0.25) is 0 Å². The number of aromatic hydroxyl groups is 1. The Morgan fingerprint density at radius 3 is 2.38 bits per heavy atom. The molecule has 0 heterocycles. The lowest BCUT2D eigenvalue weighted by Crippen LogP contribution is -2.08. The molecular weight excluding hydrogens is 216 g/mol. The van der Waals surface area contributed by atoms with Crippen LogP contribution in [0.15, 0.2) is 12.1 Å². The van der Waals surface area contributed by atoms with Crippen molar-refractivity contribution in [2.75, 3.05) is 21.3 Å². The highest BCUT2D eigenvalue weighted by molar-refractivity contribution is 5.67. The van der Waals surface area contributed by atoms with E-state index in [1.165, 1.54) is 33.5 Å². The molecule has 0 radical (unpaired) electrons. The van der Waals surface area contributed by atoms with Crippen LogP contribution in [0.3, 0.4) is 0 Å². The number of rotatable bonds is 3. The molecule has 0 aliphatic carbocycles. The third kappa shape index (κ3) is 2.47. The maximum atomic E-state index is 10.9. The third-order valence-corrected chi connectivity index (χ3v) is 1.81. The number of carbonyl (C=O) groups is 1. The van der Waals surface area contributed by atoms with Gasteiger partial charge in [0.1, 0.15) is 5.75 Å². The van der Waals surface area contributed by atoms with Crippen LogP contribution in [0, 0.1) is 0 Å². The molecule has 0 saturated carbocycles. The second-order valence-electron chi connectivity index (χ2n) is 2.73. The monoisotopic (exact) mass is 228 g/mol. The number of hydrogen-bond donors (Lipinski definition) is 1. The second kappa shape index (κ2) is 5.11. The molecule has 0 atom stereocenters. The van der Waals surface area contributed by atoms with Crippen LogP contribution >= 0.6 is 0 Å². The zero-order valence-electron chi connectivity index (χ0n) is 9.14. The Labute approximate surface area is 92.3 Å². The molecule has 88 valence electrons. The van der Waals surface area contributed by atoms with Crippen molar-refractivity contribution >= 4 is 6.16 Å². The van der Waals surface area contributed by atoms with Crippen molar-refractivity contribution < 1.29 is 28.8 Å². The summed E-state index contributed by atoms with van der Waals surface area (Å²) in [6.45, 7) is 0. The Kier molecular flexibility index (Phi) is 3.82. The van der Waals surface area contributed by atoms with E-state index in [2.05, 4.69) is 4.74 Å². The minimum atomic E-state index is -0.911. The van der Waals surface area contributed by atoms with Gasteiger partial charge < -0.3 is 24.1 Å². The van der Waals surface area contributed by atoms with Crippen LogP contribution in [-0.2, 0) is 4.74 Å². The number of hydrogen-bond acceptors (Lipinski definition) is 6. The highest BCUT2D eigenvalue weighted by Crippen LogP contribution is 2.40. The number of carbonyl (C=O) groups excluding carboxylic acids is 1. The number of benzene rings is 1. The van der Waals surface area contributed by atoms with E-state index in [-0.39, 0.29) is 17.2 Å². The van der Waals surface area contributed by atoms with Crippen molar-refractivity contribution in [1.29, 1.82) is 0 Å². The molecule has 0 aliphatic heterocycles. The van der Waals surface area contributed by atoms with Crippen molar-refractivity contribution in [3.8, 4) is 23.0 Å². The largest absolute Gasteiger partial charge is 0.513 e. The highest BCUT2D eigenvalue weighted by atomic mass is 16.7. The molecular formula is C10H12O6. The molecule has 1 aromatic rings. The number of methoxy groups -OCH3 is 3. The molecule has 0 spiro atoms. The summed E-state index contributed by atoms with van der Waals surface area (Å²) in [5.74, 6) is 0.190. The molecule has 0 unspecified atom stereocenters. The lowest BCUT2D eigenvalue weighted by atomic mass is 10.2. The average Bonchev–Trinajstić information content (AvgIpc) is 2.28. The quantitative estimate of drug-likeness (QED) is 0.625. The van der Waals surface area contributed by atoms with Crippen LogP contribution in [0.5, 0.6) is 23.0 Å². The maximum Gasteiger partial charge on any atom is 0.513 e. The fourth-order valence-electron chi connectivity index (χ4n) is 1.09. The first kappa shape index (κ1) is 12.0. The average molecular weight is 228 g/mol. The summed E-state index contributed by atoms with van der Waals surface area (Å²) >= 11 is 0. The Hall–Kier alpha value is -2.11. The Morgan fingerprint density at radius 2 is 1.88 bits per heavy atom. The molecule has 6 nitrogen and oxygen atoms in total. The standard InChI is InChI=1S/C10H12O6/c1-13-6-4-7(11)9(14-2)8(5-6)16-10(12)15-3/h4-5,11H,1-3H3. The summed E-state index contributed by atoms with van der Waals surface area (Å²) < 4.78 is 18.9. The van der Waals surface area contributed by atoms with Gasteiger partial charge in [0.25, 0.3) is 0 Å². The molecule has 1 aromatic carbocycles. The van der Waals surface area contributed by atoms with Crippen LogP contribution < -0.4 is 14.2 Å². The molecule has 0 saturated heterocycles. The predicted octanol–water partition coefficient (Wildman–Crippen LogP) is 1.55. The smallest absolute Gasteiger partial charge is 0.504 e. The van der Waals surface area contributed by atoms with E-state index in [1.807, 2.05) is 0 Å². The Morgan fingerprint density at radius 1 is 1.19 bits per heavy atom. The molecule has 0 aromatic heterocycles. The van der Waals surface area contributed by atoms with Gasteiger partial charge in [0.05, 0.1) is 21.3 Å². The summed E-state index contributed by atoms with van der Waals surface area (Å²) in [6, 6.07) is 2.73. The minimum absolute atomic E-state index is 0.0196. The summed E-state index contributed by atoms with van der Waals surface area (Å²) in [5.41, 5.74) is 0. The Balaban J connectivity index is 3.12. The van der Waals surface area contributed by atoms with Gasteiger partial charge in [-0.1, -0.05) is 0 Å². The van der Waals surface area contributed by atoms with Crippen LogP contribution in [0.4, 0.5) is 4.79 Å². The van der Waals surface area contributed by atoms with Gasteiger partial charge in [-0.05, 0) is 0 Å². The van der Waals surface area contributed by atoms with Gasteiger partial charge in [-0.15, -0.1) is 0 Å². The van der Waals surface area contributed by atoms with Gasteiger partial charge in [0.2, 0.25) is 5.75 Å². The summed E-state index contributed by atoms with van der Waals surface area (Å²) in [7, 11) is 3.93. The van der Waals surface area contributed by atoms with Crippen molar-refractivity contribution in [2.45, 2.75) is 0 Å². The molecule has 16 heavy (non-hydrogen) atoms. The zero-order chi connectivity index (χ0) is 12.1. The maximum absolute atomic E-state index is 10.9. The zero-order valence-corrected chi connectivity index (χ0v) is 9.14. The summed E-state index contributed by atoms with van der Waals surface area (Å²) in [4.78, 5) is 10.9. The molecule has 1 N–H and O–H groups in total. The van der Waals surface area contributed by atoms with Crippen LogP contribution in [0.25, 0.3) is 0 Å². The van der Waals surface area contributed by atoms with Gasteiger partial charge in [-0.2, -0.15) is 0 Å². The first-order valence-corrected chi connectivity index (χ1v) is 4.33.